The number of benzene rings is 2. The lowest BCUT2D eigenvalue weighted by atomic mass is 9.87. The van der Waals surface area contributed by atoms with Crippen LogP contribution in [0, 0.1) is 12.8 Å². The molecule has 1 aliphatic carbocycles. The van der Waals surface area contributed by atoms with E-state index in [1.165, 1.54) is 0 Å². The predicted octanol–water partition coefficient (Wildman–Crippen LogP) is 4.41. The first kappa shape index (κ1) is 22.5. The average molecular weight is 424 g/mol. The number of Topliss-reactive ketones (excluding diaryl/α,β-unsaturated/α-hetero) is 1. The third-order valence-electron chi connectivity index (χ3n) is 5.76. The van der Waals surface area contributed by atoms with E-state index in [1.54, 1.807) is 30.3 Å². The van der Waals surface area contributed by atoms with Crippen molar-refractivity contribution in [2.24, 2.45) is 5.92 Å². The van der Waals surface area contributed by atoms with E-state index in [-0.39, 0.29) is 23.7 Å². The van der Waals surface area contributed by atoms with Crippen molar-refractivity contribution in [2.45, 2.75) is 51.6 Å². The zero-order valence-corrected chi connectivity index (χ0v) is 17.8. The number of nitrogens with one attached hydrogen (secondary N) is 1. The molecule has 164 valence electrons. The Balaban J connectivity index is 1.39. The fourth-order valence-electron chi connectivity index (χ4n) is 3.86. The van der Waals surface area contributed by atoms with Crippen LogP contribution in [0.4, 0.5) is 0 Å². The molecular formula is C25H29NO5. The van der Waals surface area contributed by atoms with Crippen LogP contribution in [-0.4, -0.2) is 35.4 Å². The van der Waals surface area contributed by atoms with Crippen molar-refractivity contribution < 1.29 is 24.2 Å². The van der Waals surface area contributed by atoms with Gasteiger partial charge in [-0.1, -0.05) is 18.2 Å². The molecule has 1 saturated carbocycles. The molecule has 0 aromatic heterocycles. The van der Waals surface area contributed by atoms with Crippen molar-refractivity contribution in [1.82, 2.24) is 5.32 Å². The van der Waals surface area contributed by atoms with E-state index in [0.717, 1.165) is 18.4 Å². The van der Waals surface area contributed by atoms with Gasteiger partial charge < -0.3 is 15.2 Å². The minimum atomic E-state index is -0.726. The van der Waals surface area contributed by atoms with Crippen LogP contribution in [0.5, 0.6) is 5.75 Å². The standard InChI is InChI=1S/C25H29NO5/c1-17-5-2-3-6-22(17)24(28)26-16-4-7-23(27)18-8-12-20(13-9-18)31-21-14-10-19(11-15-21)25(29)30/h2-3,5-6,8-9,12-13,19,21H,4,7,10-11,14-16H2,1H3,(H,26,28)(H,29,30). The number of rotatable bonds is 9. The number of hydrogen-bond acceptors (Lipinski definition) is 4. The van der Waals surface area contributed by atoms with Gasteiger partial charge in [-0.25, -0.2) is 0 Å². The highest BCUT2D eigenvalue weighted by Gasteiger charge is 2.26. The largest absolute Gasteiger partial charge is 0.490 e. The highest BCUT2D eigenvalue weighted by Crippen LogP contribution is 2.28. The third kappa shape index (κ3) is 6.41. The zero-order valence-electron chi connectivity index (χ0n) is 17.8. The van der Waals surface area contributed by atoms with Crippen molar-refractivity contribution in [3.63, 3.8) is 0 Å². The zero-order chi connectivity index (χ0) is 22.2. The molecule has 3 rings (SSSR count). The van der Waals surface area contributed by atoms with Gasteiger partial charge in [-0.2, -0.15) is 0 Å². The number of hydrogen-bond donors (Lipinski definition) is 2. The molecule has 31 heavy (non-hydrogen) atoms. The molecule has 0 saturated heterocycles. The summed E-state index contributed by atoms with van der Waals surface area (Å²) in [6, 6.07) is 14.5. The molecule has 2 N–H and O–H groups in total. The summed E-state index contributed by atoms with van der Waals surface area (Å²) < 4.78 is 5.94. The Morgan fingerprint density at radius 2 is 1.68 bits per heavy atom. The van der Waals surface area contributed by atoms with Crippen LogP contribution < -0.4 is 10.1 Å². The number of aryl methyl sites for hydroxylation is 1. The molecular weight excluding hydrogens is 394 g/mol. The number of ether oxygens (including phenoxy) is 1. The summed E-state index contributed by atoms with van der Waals surface area (Å²) in [6.07, 6.45) is 3.68. The highest BCUT2D eigenvalue weighted by molar-refractivity contribution is 5.96. The van der Waals surface area contributed by atoms with E-state index in [2.05, 4.69) is 5.32 Å². The van der Waals surface area contributed by atoms with Crippen molar-refractivity contribution >= 4 is 17.7 Å². The Morgan fingerprint density at radius 3 is 2.32 bits per heavy atom. The maximum absolute atomic E-state index is 12.4. The van der Waals surface area contributed by atoms with Gasteiger partial charge in [0.15, 0.2) is 5.78 Å². The number of aliphatic carboxylic acids is 1. The van der Waals surface area contributed by atoms with Crippen LogP contribution in [0.2, 0.25) is 0 Å². The minimum Gasteiger partial charge on any atom is -0.490 e. The first-order chi connectivity index (χ1) is 14.9. The first-order valence-electron chi connectivity index (χ1n) is 10.8. The van der Waals surface area contributed by atoms with Crippen LogP contribution >= 0.6 is 0 Å². The number of amides is 1. The molecule has 0 unspecified atom stereocenters. The van der Waals surface area contributed by atoms with E-state index < -0.39 is 5.97 Å². The molecule has 6 nitrogen and oxygen atoms in total. The third-order valence-corrected chi connectivity index (χ3v) is 5.76. The summed E-state index contributed by atoms with van der Waals surface area (Å²) in [5, 5.41) is 11.9. The smallest absolute Gasteiger partial charge is 0.306 e. The molecule has 0 atom stereocenters. The quantitative estimate of drug-likeness (QED) is 0.460. The van der Waals surface area contributed by atoms with Gasteiger partial charge in [-0.15, -0.1) is 0 Å². The van der Waals surface area contributed by atoms with Crippen molar-refractivity contribution in [2.75, 3.05) is 6.54 Å². The maximum atomic E-state index is 12.4. The Morgan fingerprint density at radius 1 is 1.00 bits per heavy atom. The van der Waals surface area contributed by atoms with Gasteiger partial charge in [-0.05, 0) is 74.9 Å². The maximum Gasteiger partial charge on any atom is 0.306 e. The molecule has 0 aliphatic heterocycles. The lowest BCUT2D eigenvalue weighted by Crippen LogP contribution is -2.27. The summed E-state index contributed by atoms with van der Waals surface area (Å²) >= 11 is 0. The number of carbonyl (C=O) groups excluding carboxylic acids is 2. The van der Waals surface area contributed by atoms with Crippen molar-refractivity contribution in [3.05, 3.63) is 65.2 Å². The fourth-order valence-corrected chi connectivity index (χ4v) is 3.86. The second kappa shape index (κ2) is 10.8. The van der Waals surface area contributed by atoms with Gasteiger partial charge in [-0.3, -0.25) is 14.4 Å². The first-order valence-corrected chi connectivity index (χ1v) is 10.8. The lowest BCUT2D eigenvalue weighted by Gasteiger charge is -2.26. The summed E-state index contributed by atoms with van der Waals surface area (Å²) in [4.78, 5) is 35.6. The number of carboxylic acids is 1. The fraction of sp³-hybridized carbons (Fsp3) is 0.400. The second-order valence-corrected chi connectivity index (χ2v) is 8.05. The Labute approximate surface area is 182 Å². The summed E-state index contributed by atoms with van der Waals surface area (Å²) in [7, 11) is 0. The van der Waals surface area contributed by atoms with Crippen molar-refractivity contribution in [3.8, 4) is 5.75 Å². The monoisotopic (exact) mass is 423 g/mol. The molecule has 2 aromatic rings. The Hall–Kier alpha value is -3.15. The van der Waals surface area contributed by atoms with E-state index >= 15 is 0 Å². The average Bonchev–Trinajstić information content (AvgIpc) is 2.77. The minimum absolute atomic E-state index is 0.0222. The van der Waals surface area contributed by atoms with Gasteiger partial charge in [0.2, 0.25) is 0 Å². The van der Waals surface area contributed by atoms with E-state index in [4.69, 9.17) is 9.84 Å². The van der Waals surface area contributed by atoms with Gasteiger partial charge in [0.05, 0.1) is 12.0 Å². The summed E-state index contributed by atoms with van der Waals surface area (Å²) in [5.74, 6) is -0.388. The van der Waals surface area contributed by atoms with Crippen LogP contribution in [0.3, 0.4) is 0 Å². The highest BCUT2D eigenvalue weighted by atomic mass is 16.5. The molecule has 1 amide bonds. The van der Waals surface area contributed by atoms with Gasteiger partial charge >= 0.3 is 5.97 Å². The SMILES string of the molecule is Cc1ccccc1C(=O)NCCCC(=O)c1ccc(OC2CCC(C(=O)O)CC2)cc1. The lowest BCUT2D eigenvalue weighted by molar-refractivity contribution is -0.143. The Bertz CT molecular complexity index is 914. The topological polar surface area (TPSA) is 92.7 Å². The van der Waals surface area contributed by atoms with E-state index in [0.29, 0.717) is 49.1 Å². The molecule has 0 heterocycles. The molecule has 2 aromatic carbocycles. The molecule has 0 radical (unpaired) electrons. The van der Waals surface area contributed by atoms with Gasteiger partial charge in [0, 0.05) is 24.1 Å². The number of ketones is 1. The molecule has 6 heteroatoms. The van der Waals surface area contributed by atoms with Crippen LogP contribution in [0.25, 0.3) is 0 Å². The molecule has 1 fully saturated rings. The molecule has 0 spiro atoms. The molecule has 1 aliphatic rings. The number of carboxylic acid groups (broad SMARTS) is 1. The summed E-state index contributed by atoms with van der Waals surface area (Å²) in [6.45, 7) is 2.34. The normalized spacial score (nSPS) is 18.2. The van der Waals surface area contributed by atoms with E-state index in [9.17, 15) is 14.4 Å². The number of carbonyl (C=O) groups is 3. The van der Waals surface area contributed by atoms with Crippen molar-refractivity contribution in [1.29, 1.82) is 0 Å². The second-order valence-electron chi connectivity index (χ2n) is 8.05. The van der Waals surface area contributed by atoms with Crippen LogP contribution in [0.15, 0.2) is 48.5 Å². The van der Waals surface area contributed by atoms with Crippen LogP contribution in [0.1, 0.15) is 64.8 Å². The molecule has 0 bridgehead atoms. The Kier molecular flexibility index (Phi) is 7.82. The van der Waals surface area contributed by atoms with Gasteiger partial charge in [0.1, 0.15) is 5.75 Å². The summed E-state index contributed by atoms with van der Waals surface area (Å²) in [5.41, 5.74) is 2.20. The predicted molar refractivity (Wildman–Crippen MR) is 118 cm³/mol. The van der Waals surface area contributed by atoms with E-state index in [1.807, 2.05) is 25.1 Å². The van der Waals surface area contributed by atoms with Gasteiger partial charge in [0.25, 0.3) is 5.91 Å². The van der Waals surface area contributed by atoms with Crippen LogP contribution in [-0.2, 0) is 4.79 Å².